The van der Waals surface area contributed by atoms with Crippen LogP contribution in [0.5, 0.6) is 11.5 Å². The Hall–Kier alpha value is -3.26. The fourth-order valence-corrected chi connectivity index (χ4v) is 3.09. The van der Waals surface area contributed by atoms with Gasteiger partial charge in [0.1, 0.15) is 23.1 Å². The van der Waals surface area contributed by atoms with E-state index in [1.165, 1.54) is 36.4 Å². The molecule has 0 spiro atoms. The topological polar surface area (TPSA) is 67.4 Å². The summed E-state index contributed by atoms with van der Waals surface area (Å²) in [6.45, 7) is 0.442. The molecule has 5 nitrogen and oxygen atoms in total. The van der Waals surface area contributed by atoms with E-state index >= 15 is 0 Å². The highest BCUT2D eigenvalue weighted by molar-refractivity contribution is 9.10. The molecule has 0 atom stereocenters. The van der Waals surface area contributed by atoms with Gasteiger partial charge in [-0.25, -0.2) is 8.78 Å². The van der Waals surface area contributed by atoms with Gasteiger partial charge in [0.25, 0.3) is 5.91 Å². The van der Waals surface area contributed by atoms with Crippen molar-refractivity contribution in [1.29, 1.82) is 0 Å². The lowest BCUT2D eigenvalue weighted by molar-refractivity contribution is -0.121. The Balaban J connectivity index is 1.40. The summed E-state index contributed by atoms with van der Waals surface area (Å²) in [5.41, 5.74) is 1.04. The Morgan fingerprint density at radius 3 is 2.13 bits per heavy atom. The summed E-state index contributed by atoms with van der Waals surface area (Å²) in [5.74, 6) is -0.427. The number of carbonyl (C=O) groups excluding carboxylic acids is 2. The zero-order valence-electron chi connectivity index (χ0n) is 16.3. The fourth-order valence-electron chi connectivity index (χ4n) is 2.66. The van der Waals surface area contributed by atoms with Crippen molar-refractivity contribution in [3.8, 4) is 11.5 Å². The van der Waals surface area contributed by atoms with E-state index in [4.69, 9.17) is 4.74 Å². The highest BCUT2D eigenvalue weighted by Crippen LogP contribution is 2.22. The van der Waals surface area contributed by atoms with E-state index in [1.807, 2.05) is 12.1 Å². The third-order valence-corrected chi connectivity index (χ3v) is 4.96. The summed E-state index contributed by atoms with van der Waals surface area (Å²) < 4.78 is 32.3. The zero-order chi connectivity index (χ0) is 22.2. The van der Waals surface area contributed by atoms with E-state index in [0.717, 1.165) is 11.6 Å². The van der Waals surface area contributed by atoms with Crippen molar-refractivity contribution in [3.05, 3.63) is 94.0 Å². The molecule has 0 saturated carbocycles. The van der Waals surface area contributed by atoms with Gasteiger partial charge in [-0.3, -0.25) is 9.59 Å². The predicted octanol–water partition coefficient (Wildman–Crippen LogP) is 4.96. The van der Waals surface area contributed by atoms with Crippen molar-refractivity contribution in [1.82, 2.24) is 10.6 Å². The third kappa shape index (κ3) is 6.89. The number of rotatable bonds is 8. The number of hydrogen-bond donors (Lipinski definition) is 2. The van der Waals surface area contributed by atoms with Crippen LogP contribution in [0.3, 0.4) is 0 Å². The van der Waals surface area contributed by atoms with Gasteiger partial charge in [-0.2, -0.15) is 0 Å². The van der Waals surface area contributed by atoms with Crippen LogP contribution in [0, 0.1) is 11.6 Å². The fraction of sp³-hybridized carbons (Fsp3) is 0.130. The molecule has 2 amide bonds. The maximum absolute atomic E-state index is 13.3. The first kappa shape index (κ1) is 22.4. The second kappa shape index (κ2) is 10.7. The van der Waals surface area contributed by atoms with Crippen molar-refractivity contribution < 1.29 is 23.1 Å². The summed E-state index contributed by atoms with van der Waals surface area (Å²) in [6.07, 6.45) is 0.0877. The van der Waals surface area contributed by atoms with Gasteiger partial charge in [0.2, 0.25) is 5.91 Å². The second-order valence-corrected chi connectivity index (χ2v) is 7.46. The van der Waals surface area contributed by atoms with Gasteiger partial charge in [0, 0.05) is 24.0 Å². The number of nitrogens with one attached hydrogen (secondary N) is 2. The Labute approximate surface area is 186 Å². The largest absolute Gasteiger partial charge is 0.457 e. The van der Waals surface area contributed by atoms with E-state index in [9.17, 15) is 18.4 Å². The number of hydrogen-bond acceptors (Lipinski definition) is 3. The molecule has 0 aliphatic heterocycles. The molecule has 0 aliphatic rings. The van der Waals surface area contributed by atoms with Gasteiger partial charge < -0.3 is 15.4 Å². The maximum Gasteiger partial charge on any atom is 0.252 e. The van der Waals surface area contributed by atoms with Crippen LogP contribution >= 0.6 is 15.9 Å². The van der Waals surface area contributed by atoms with E-state index in [-0.39, 0.29) is 30.3 Å². The van der Waals surface area contributed by atoms with Crippen LogP contribution in [-0.2, 0) is 11.3 Å². The number of carbonyl (C=O) groups is 2. The van der Waals surface area contributed by atoms with Gasteiger partial charge in [0.15, 0.2) is 0 Å². The summed E-state index contributed by atoms with van der Waals surface area (Å²) in [7, 11) is 0. The molecule has 3 aromatic rings. The molecule has 0 fully saturated rings. The molecule has 0 saturated heterocycles. The summed E-state index contributed by atoms with van der Waals surface area (Å²) in [4.78, 5) is 24.1. The molecular weight excluding hydrogens is 470 g/mol. The van der Waals surface area contributed by atoms with E-state index in [2.05, 4.69) is 26.6 Å². The van der Waals surface area contributed by atoms with Crippen molar-refractivity contribution >= 4 is 27.7 Å². The third-order valence-electron chi connectivity index (χ3n) is 4.27. The predicted molar refractivity (Wildman–Crippen MR) is 116 cm³/mol. The van der Waals surface area contributed by atoms with Crippen LogP contribution in [-0.4, -0.2) is 18.4 Å². The number of ether oxygens (including phenoxy) is 1. The Bertz CT molecular complexity index is 1060. The smallest absolute Gasteiger partial charge is 0.252 e. The molecule has 160 valence electrons. The Morgan fingerprint density at radius 1 is 0.839 bits per heavy atom. The monoisotopic (exact) mass is 488 g/mol. The molecule has 8 heteroatoms. The molecular formula is C23H19BrF2N2O3. The summed E-state index contributed by atoms with van der Waals surface area (Å²) >= 11 is 3.20. The number of benzene rings is 3. The van der Waals surface area contributed by atoms with E-state index in [0.29, 0.717) is 22.5 Å². The van der Waals surface area contributed by atoms with Crippen LogP contribution in [0.2, 0.25) is 0 Å². The molecule has 0 bridgehead atoms. The summed E-state index contributed by atoms with van der Waals surface area (Å²) in [6, 6.07) is 16.7. The number of halogens is 3. The average Bonchev–Trinajstić information content (AvgIpc) is 2.76. The molecule has 31 heavy (non-hydrogen) atoms. The maximum atomic E-state index is 13.3. The zero-order valence-corrected chi connectivity index (χ0v) is 17.9. The van der Waals surface area contributed by atoms with Crippen molar-refractivity contribution in [2.75, 3.05) is 6.54 Å². The van der Waals surface area contributed by atoms with Crippen molar-refractivity contribution in [3.63, 3.8) is 0 Å². The number of amides is 2. The highest BCUT2D eigenvalue weighted by Gasteiger charge is 2.11. The quantitative estimate of drug-likeness (QED) is 0.471. The molecule has 2 N–H and O–H groups in total. The van der Waals surface area contributed by atoms with E-state index in [1.54, 1.807) is 12.1 Å². The van der Waals surface area contributed by atoms with Crippen LogP contribution in [0.15, 0.2) is 71.2 Å². The van der Waals surface area contributed by atoms with Crippen molar-refractivity contribution in [2.45, 2.75) is 13.0 Å². The van der Waals surface area contributed by atoms with Gasteiger partial charge in [-0.05, 0) is 76.1 Å². The van der Waals surface area contributed by atoms with Gasteiger partial charge >= 0.3 is 0 Å². The first-order valence-electron chi connectivity index (χ1n) is 9.43. The lowest BCUT2D eigenvalue weighted by Crippen LogP contribution is -2.30. The molecule has 3 aromatic carbocycles. The molecule has 0 aliphatic carbocycles. The van der Waals surface area contributed by atoms with Crippen LogP contribution < -0.4 is 15.4 Å². The van der Waals surface area contributed by atoms with Crippen LogP contribution in [0.25, 0.3) is 0 Å². The van der Waals surface area contributed by atoms with Crippen LogP contribution in [0.4, 0.5) is 8.78 Å². The Morgan fingerprint density at radius 2 is 1.45 bits per heavy atom. The first-order valence-corrected chi connectivity index (χ1v) is 10.2. The molecule has 0 radical (unpaired) electrons. The first-order chi connectivity index (χ1) is 14.9. The summed E-state index contributed by atoms with van der Waals surface area (Å²) in [5, 5.41) is 5.36. The van der Waals surface area contributed by atoms with Gasteiger partial charge in [0.05, 0.1) is 5.56 Å². The lowest BCUT2D eigenvalue weighted by atomic mass is 10.2. The van der Waals surface area contributed by atoms with Crippen molar-refractivity contribution in [2.24, 2.45) is 0 Å². The normalized spacial score (nSPS) is 10.4. The minimum atomic E-state index is -0.514. The average molecular weight is 489 g/mol. The standard InChI is InChI=1S/C23H19BrF2N2O3/c24-21-10-5-17(26)13-20(21)23(30)27-12-11-22(29)28-14-15-1-6-18(7-2-15)31-19-8-3-16(25)4-9-19/h1-10,13H,11-12,14H2,(H,27,30)(H,28,29). The van der Waals surface area contributed by atoms with Crippen LogP contribution in [0.1, 0.15) is 22.3 Å². The minimum absolute atomic E-state index is 0.0877. The van der Waals surface area contributed by atoms with E-state index < -0.39 is 11.7 Å². The second-order valence-electron chi connectivity index (χ2n) is 6.61. The highest BCUT2D eigenvalue weighted by atomic mass is 79.9. The lowest BCUT2D eigenvalue weighted by Gasteiger charge is -2.09. The molecule has 3 rings (SSSR count). The molecule has 0 heterocycles. The van der Waals surface area contributed by atoms with Gasteiger partial charge in [-0.15, -0.1) is 0 Å². The van der Waals surface area contributed by atoms with Gasteiger partial charge in [-0.1, -0.05) is 12.1 Å². The molecule has 0 unspecified atom stereocenters. The Kier molecular flexibility index (Phi) is 7.72. The molecule has 0 aromatic heterocycles. The minimum Gasteiger partial charge on any atom is -0.457 e. The SMILES string of the molecule is O=C(CCNC(=O)c1cc(F)ccc1Br)NCc1ccc(Oc2ccc(F)cc2)cc1.